The normalized spacial score (nSPS) is 14.0. The fourth-order valence-electron chi connectivity index (χ4n) is 9.25. The number of esters is 1. The monoisotopic (exact) mass is 840 g/mol. The minimum Gasteiger partial charge on any atom is -0.497 e. The van der Waals surface area contributed by atoms with E-state index in [-0.39, 0.29) is 29.7 Å². The zero-order valence-corrected chi connectivity index (χ0v) is 39.7. The van der Waals surface area contributed by atoms with Crippen molar-refractivity contribution in [3.05, 3.63) is 29.8 Å². The Morgan fingerprint density at radius 2 is 1.12 bits per heavy atom. The van der Waals surface area contributed by atoms with Gasteiger partial charge in [-0.25, -0.2) is 0 Å². The number of nitrogens with one attached hydrogen (secondary N) is 1. The number of likely N-dealkylation sites (tertiary alicyclic amines) is 1. The summed E-state index contributed by atoms with van der Waals surface area (Å²) in [6, 6.07) is 7.84. The van der Waals surface area contributed by atoms with Crippen LogP contribution in [0.25, 0.3) is 0 Å². The number of piperidine rings is 1. The van der Waals surface area contributed by atoms with Crippen LogP contribution in [0.2, 0.25) is 0 Å². The van der Waals surface area contributed by atoms with Crippen LogP contribution in [0.3, 0.4) is 0 Å². The van der Waals surface area contributed by atoms with Crippen LogP contribution in [0.4, 0.5) is 0 Å². The highest BCUT2D eigenvalue weighted by molar-refractivity contribution is 5.88. The molecule has 0 radical (unpaired) electrons. The zero-order chi connectivity index (χ0) is 43.5. The first-order valence-electron chi connectivity index (χ1n) is 25.4. The number of ether oxygens (including phenoxy) is 2. The number of unbranched alkanes of at least 4 members (excludes halogenated alkanes) is 21. The molecular weight excluding hydrogens is 747 g/mol. The minimum atomic E-state index is -0.407. The van der Waals surface area contributed by atoms with Gasteiger partial charge in [0.2, 0.25) is 11.8 Å². The van der Waals surface area contributed by atoms with E-state index in [9.17, 15) is 14.4 Å². The van der Waals surface area contributed by atoms with Crippen molar-refractivity contribution >= 4 is 17.8 Å². The van der Waals surface area contributed by atoms with E-state index in [4.69, 9.17) is 9.47 Å². The van der Waals surface area contributed by atoms with Crippen LogP contribution in [0.15, 0.2) is 24.3 Å². The van der Waals surface area contributed by atoms with Gasteiger partial charge >= 0.3 is 5.97 Å². The Morgan fingerprint density at radius 1 is 0.650 bits per heavy atom. The maximum atomic E-state index is 14.8. The molecule has 2 amide bonds. The summed E-state index contributed by atoms with van der Waals surface area (Å²) in [5.41, 5.74) is 1.17. The van der Waals surface area contributed by atoms with E-state index in [1.54, 1.807) is 7.11 Å². The summed E-state index contributed by atoms with van der Waals surface area (Å²) in [7, 11) is 3.15. The lowest BCUT2D eigenvalue weighted by Gasteiger charge is -2.44. The van der Waals surface area contributed by atoms with Crippen LogP contribution < -0.4 is 10.1 Å². The molecule has 2 rings (SSSR count). The van der Waals surface area contributed by atoms with Gasteiger partial charge in [0.1, 0.15) is 11.8 Å². The summed E-state index contributed by atoms with van der Waals surface area (Å²) in [5.74, 6) is 1.21. The Morgan fingerprint density at radius 3 is 1.58 bits per heavy atom. The van der Waals surface area contributed by atoms with Gasteiger partial charge in [-0.3, -0.25) is 14.4 Å². The third-order valence-electron chi connectivity index (χ3n) is 13.2. The summed E-state index contributed by atoms with van der Waals surface area (Å²) < 4.78 is 10.1. The van der Waals surface area contributed by atoms with E-state index in [2.05, 4.69) is 48.0 Å². The lowest BCUT2D eigenvalue weighted by Crippen LogP contribution is -2.58. The van der Waals surface area contributed by atoms with E-state index in [0.717, 1.165) is 96.0 Å². The van der Waals surface area contributed by atoms with Crippen LogP contribution in [0.5, 0.6) is 5.75 Å². The molecule has 1 unspecified atom stereocenters. The third kappa shape index (κ3) is 24.1. The lowest BCUT2D eigenvalue weighted by atomic mass is 9.85. The van der Waals surface area contributed by atoms with Crippen molar-refractivity contribution in [1.82, 2.24) is 15.1 Å². The molecule has 1 aromatic rings. The molecule has 0 spiro atoms. The summed E-state index contributed by atoms with van der Waals surface area (Å²) in [5, 5.41) is 3.38. The number of methoxy groups -OCH3 is 2. The van der Waals surface area contributed by atoms with Gasteiger partial charge in [0.05, 0.1) is 14.2 Å². The second kappa shape index (κ2) is 35.9. The maximum absolute atomic E-state index is 14.8. The van der Waals surface area contributed by atoms with Gasteiger partial charge < -0.3 is 24.6 Å². The highest BCUT2D eigenvalue weighted by Gasteiger charge is 2.40. The molecule has 1 aromatic carbocycles. The predicted octanol–water partition coefficient (Wildman–Crippen LogP) is 12.8. The van der Waals surface area contributed by atoms with Crippen molar-refractivity contribution in [1.29, 1.82) is 0 Å². The first-order chi connectivity index (χ1) is 29.4. The highest BCUT2D eigenvalue weighted by atomic mass is 16.5. The van der Waals surface area contributed by atoms with Crippen molar-refractivity contribution in [2.75, 3.05) is 40.4 Å². The number of carbonyl (C=O) groups is 3. The molecule has 0 bridgehead atoms. The number of nitrogens with zero attached hydrogens (tertiary/aromatic N) is 2. The third-order valence-corrected chi connectivity index (χ3v) is 13.2. The van der Waals surface area contributed by atoms with Crippen molar-refractivity contribution in [2.24, 2.45) is 5.92 Å². The summed E-state index contributed by atoms with van der Waals surface area (Å²) >= 11 is 0. The number of carbonyl (C=O) groups excluding carboxylic acids is 3. The second-order valence-electron chi connectivity index (χ2n) is 18.0. The molecule has 0 saturated carbocycles. The second-order valence-corrected chi connectivity index (χ2v) is 18.0. The maximum Gasteiger partial charge on any atom is 0.305 e. The first kappa shape index (κ1) is 53.5. The SMILES string of the molecule is CCCCCCCC(CCCCCCC)N(C(=O)CCCCCCCCCCCCCCCCC(=O)OC)C(C(=O)NCCc1ccc(OC)cc1)C1CCN(CC)CC1. The molecule has 1 aliphatic heterocycles. The van der Waals surface area contributed by atoms with Crippen LogP contribution in [-0.4, -0.2) is 80.1 Å². The van der Waals surface area contributed by atoms with Crippen LogP contribution in [0, 0.1) is 5.92 Å². The van der Waals surface area contributed by atoms with Gasteiger partial charge in [0, 0.05) is 25.4 Å². The van der Waals surface area contributed by atoms with Gasteiger partial charge in [-0.15, -0.1) is 0 Å². The Bertz CT molecular complexity index is 1190. The number of rotatable bonds is 38. The van der Waals surface area contributed by atoms with Crippen molar-refractivity contribution in [2.45, 2.75) is 232 Å². The molecule has 1 heterocycles. The lowest BCUT2D eigenvalue weighted by molar-refractivity contribution is -0.147. The average Bonchev–Trinajstić information content (AvgIpc) is 3.27. The van der Waals surface area contributed by atoms with Gasteiger partial charge in [-0.05, 0) is 88.2 Å². The van der Waals surface area contributed by atoms with Crippen molar-refractivity contribution in [3.8, 4) is 5.75 Å². The largest absolute Gasteiger partial charge is 0.497 e. The van der Waals surface area contributed by atoms with E-state index < -0.39 is 6.04 Å². The smallest absolute Gasteiger partial charge is 0.305 e. The van der Waals surface area contributed by atoms with E-state index in [1.165, 1.54) is 128 Å². The summed E-state index contributed by atoms with van der Waals surface area (Å²) in [6.07, 6.45) is 34.7. The Balaban J connectivity index is 2.06. The molecule has 346 valence electrons. The summed E-state index contributed by atoms with van der Waals surface area (Å²) in [4.78, 5) is 45.4. The molecule has 1 aliphatic rings. The standard InChI is InChI=1S/C52H93N3O5/c1-6-9-11-23-27-31-47(32-28-24-12-10-7-2)55(49(56)33-29-25-21-19-17-15-13-14-16-18-20-22-26-30-34-50(57)60-5)51(46-40-43-54(8-3)44-41-46)52(58)53-42-39-45-35-37-48(59-4)38-36-45/h35-38,46-47,51H,6-34,39-44H2,1-5H3,(H,53,58). The molecule has 60 heavy (non-hydrogen) atoms. The minimum absolute atomic E-state index is 0.0596. The topological polar surface area (TPSA) is 88.2 Å². The average molecular weight is 840 g/mol. The number of hydrogen-bond donors (Lipinski definition) is 1. The molecule has 1 saturated heterocycles. The molecule has 0 aliphatic carbocycles. The molecular formula is C52H93N3O5. The molecule has 8 nitrogen and oxygen atoms in total. The quantitative estimate of drug-likeness (QED) is 0.0527. The highest BCUT2D eigenvalue weighted by Crippen LogP contribution is 2.31. The molecule has 1 fully saturated rings. The number of amides is 2. The number of benzene rings is 1. The predicted molar refractivity (Wildman–Crippen MR) is 252 cm³/mol. The Hall–Kier alpha value is -2.61. The van der Waals surface area contributed by atoms with Crippen LogP contribution in [0.1, 0.15) is 219 Å². The molecule has 1 N–H and O–H groups in total. The van der Waals surface area contributed by atoms with Crippen LogP contribution >= 0.6 is 0 Å². The van der Waals surface area contributed by atoms with Crippen molar-refractivity contribution < 1.29 is 23.9 Å². The van der Waals surface area contributed by atoms with Crippen molar-refractivity contribution in [3.63, 3.8) is 0 Å². The van der Waals surface area contributed by atoms with Gasteiger partial charge in [-0.1, -0.05) is 174 Å². The van der Waals surface area contributed by atoms with E-state index >= 15 is 0 Å². The zero-order valence-electron chi connectivity index (χ0n) is 39.7. The van der Waals surface area contributed by atoms with E-state index in [1.807, 2.05) is 12.1 Å². The molecule has 0 aromatic heterocycles. The summed E-state index contributed by atoms with van der Waals surface area (Å²) in [6.45, 7) is 10.4. The fourth-order valence-corrected chi connectivity index (χ4v) is 9.25. The van der Waals surface area contributed by atoms with Gasteiger partial charge in [0.15, 0.2) is 0 Å². The first-order valence-corrected chi connectivity index (χ1v) is 25.4. The fraction of sp³-hybridized carbons (Fsp3) is 0.827. The molecule has 1 atom stereocenters. The van der Waals surface area contributed by atoms with Gasteiger partial charge in [-0.2, -0.15) is 0 Å². The molecule has 8 heteroatoms. The Labute approximate surface area is 369 Å². The van der Waals surface area contributed by atoms with Gasteiger partial charge in [0.25, 0.3) is 0 Å². The number of hydrogen-bond acceptors (Lipinski definition) is 6. The Kier molecular flexibility index (Phi) is 32.1. The van der Waals surface area contributed by atoms with Crippen LogP contribution in [-0.2, 0) is 25.5 Å². The van der Waals surface area contributed by atoms with E-state index in [0.29, 0.717) is 19.4 Å².